The van der Waals surface area contributed by atoms with Gasteiger partial charge in [0.1, 0.15) is 0 Å². The molecule has 2 aromatic heterocycles. The van der Waals surface area contributed by atoms with Crippen molar-refractivity contribution in [3.63, 3.8) is 0 Å². The summed E-state index contributed by atoms with van der Waals surface area (Å²) in [6.07, 6.45) is 0. The summed E-state index contributed by atoms with van der Waals surface area (Å²) in [7, 11) is 1.77. The maximum Gasteiger partial charge on any atom is 0.255 e. The highest BCUT2D eigenvalue weighted by atomic mass is 32.1. The SMILES string of the molecule is Cn1c(-c2cccs2)ccc(CN)c1=O. The Bertz CT molecular complexity index is 514. The van der Waals surface area contributed by atoms with E-state index in [4.69, 9.17) is 5.73 Å². The van der Waals surface area contributed by atoms with E-state index < -0.39 is 0 Å². The van der Waals surface area contributed by atoms with E-state index in [0.29, 0.717) is 5.56 Å². The molecule has 2 N–H and O–H groups in total. The molecule has 2 aromatic rings. The van der Waals surface area contributed by atoms with Crippen LogP contribution in [0.5, 0.6) is 0 Å². The molecule has 0 bridgehead atoms. The van der Waals surface area contributed by atoms with Gasteiger partial charge in [0.2, 0.25) is 0 Å². The second-order valence-electron chi connectivity index (χ2n) is 3.29. The van der Waals surface area contributed by atoms with Gasteiger partial charge in [-0.2, -0.15) is 0 Å². The minimum atomic E-state index is -0.0107. The summed E-state index contributed by atoms with van der Waals surface area (Å²) in [5, 5.41) is 2.00. The quantitative estimate of drug-likeness (QED) is 0.835. The Labute approximate surface area is 91.8 Å². The van der Waals surface area contributed by atoms with Gasteiger partial charge < -0.3 is 10.3 Å². The monoisotopic (exact) mass is 220 g/mol. The molecular formula is C11H12N2OS. The van der Waals surface area contributed by atoms with Crippen LogP contribution in [-0.4, -0.2) is 4.57 Å². The molecule has 0 radical (unpaired) electrons. The van der Waals surface area contributed by atoms with Crippen LogP contribution < -0.4 is 11.3 Å². The van der Waals surface area contributed by atoms with Gasteiger partial charge in [-0.25, -0.2) is 0 Å². The number of nitrogens with zero attached hydrogens (tertiary/aromatic N) is 1. The van der Waals surface area contributed by atoms with Crippen molar-refractivity contribution in [2.24, 2.45) is 12.8 Å². The van der Waals surface area contributed by atoms with Crippen molar-refractivity contribution in [1.82, 2.24) is 4.57 Å². The molecule has 0 aliphatic rings. The second-order valence-corrected chi connectivity index (χ2v) is 4.24. The van der Waals surface area contributed by atoms with E-state index in [0.717, 1.165) is 10.6 Å². The summed E-state index contributed by atoms with van der Waals surface area (Å²) in [6.45, 7) is 0.289. The number of nitrogens with two attached hydrogens (primary N) is 1. The van der Waals surface area contributed by atoms with Crippen LogP contribution in [0.4, 0.5) is 0 Å². The van der Waals surface area contributed by atoms with E-state index in [9.17, 15) is 4.79 Å². The van der Waals surface area contributed by atoms with Gasteiger partial charge in [-0.05, 0) is 17.5 Å². The van der Waals surface area contributed by atoms with Gasteiger partial charge in [0.25, 0.3) is 5.56 Å². The second kappa shape index (κ2) is 4.00. The molecule has 15 heavy (non-hydrogen) atoms. The van der Waals surface area contributed by atoms with E-state index in [-0.39, 0.29) is 12.1 Å². The highest BCUT2D eigenvalue weighted by Crippen LogP contribution is 2.22. The van der Waals surface area contributed by atoms with Crippen LogP contribution in [0.1, 0.15) is 5.56 Å². The van der Waals surface area contributed by atoms with Gasteiger partial charge in [-0.3, -0.25) is 4.79 Å². The number of pyridine rings is 1. The van der Waals surface area contributed by atoms with Gasteiger partial charge in [-0.1, -0.05) is 12.1 Å². The molecule has 0 spiro atoms. The average Bonchev–Trinajstić information content (AvgIpc) is 2.75. The van der Waals surface area contributed by atoms with Crippen molar-refractivity contribution in [3.8, 4) is 10.6 Å². The summed E-state index contributed by atoms with van der Waals surface area (Å²) in [5.74, 6) is 0. The van der Waals surface area contributed by atoms with Crippen LogP contribution in [0.15, 0.2) is 34.4 Å². The fraction of sp³-hybridized carbons (Fsp3) is 0.182. The van der Waals surface area contributed by atoms with Crippen molar-refractivity contribution >= 4 is 11.3 Å². The lowest BCUT2D eigenvalue weighted by Crippen LogP contribution is -2.23. The average molecular weight is 220 g/mol. The Kier molecular flexibility index (Phi) is 2.70. The Morgan fingerprint density at radius 1 is 1.40 bits per heavy atom. The third-order valence-corrected chi connectivity index (χ3v) is 3.27. The zero-order valence-corrected chi connectivity index (χ0v) is 9.25. The first-order chi connectivity index (χ1) is 7.24. The van der Waals surface area contributed by atoms with E-state index in [1.54, 1.807) is 29.0 Å². The fourth-order valence-corrected chi connectivity index (χ4v) is 2.30. The van der Waals surface area contributed by atoms with Crippen LogP contribution in [-0.2, 0) is 13.6 Å². The largest absolute Gasteiger partial charge is 0.326 e. The molecule has 0 fully saturated rings. The van der Waals surface area contributed by atoms with E-state index >= 15 is 0 Å². The molecule has 0 amide bonds. The van der Waals surface area contributed by atoms with Gasteiger partial charge in [0.05, 0.1) is 10.6 Å². The summed E-state index contributed by atoms with van der Waals surface area (Å²) < 4.78 is 1.65. The number of aromatic nitrogens is 1. The molecule has 0 atom stereocenters. The number of hydrogen-bond acceptors (Lipinski definition) is 3. The molecule has 0 saturated heterocycles. The van der Waals surface area contributed by atoms with Crippen molar-refractivity contribution in [2.45, 2.75) is 6.54 Å². The Morgan fingerprint density at radius 2 is 2.20 bits per heavy atom. The first kappa shape index (κ1) is 10.1. The Balaban J connectivity index is 2.62. The van der Waals surface area contributed by atoms with Gasteiger partial charge >= 0.3 is 0 Å². The predicted molar refractivity (Wildman–Crippen MR) is 62.9 cm³/mol. The van der Waals surface area contributed by atoms with Gasteiger partial charge in [0.15, 0.2) is 0 Å². The molecule has 4 heteroatoms. The minimum absolute atomic E-state index is 0.0107. The molecule has 0 saturated carbocycles. The van der Waals surface area contributed by atoms with Crippen LogP contribution in [0.3, 0.4) is 0 Å². The summed E-state index contributed by atoms with van der Waals surface area (Å²) in [6, 6.07) is 7.72. The number of thiophene rings is 1. The van der Waals surface area contributed by atoms with Crippen molar-refractivity contribution in [1.29, 1.82) is 0 Å². The van der Waals surface area contributed by atoms with Gasteiger partial charge in [-0.15, -0.1) is 11.3 Å². The molecule has 78 valence electrons. The Morgan fingerprint density at radius 3 is 2.80 bits per heavy atom. The molecule has 3 nitrogen and oxygen atoms in total. The normalized spacial score (nSPS) is 10.5. The lowest BCUT2D eigenvalue weighted by Gasteiger charge is -2.07. The number of rotatable bonds is 2. The van der Waals surface area contributed by atoms with Crippen LogP contribution in [0.2, 0.25) is 0 Å². The molecule has 0 aliphatic carbocycles. The molecule has 0 aliphatic heterocycles. The summed E-state index contributed by atoms with van der Waals surface area (Å²) >= 11 is 1.62. The molecule has 2 heterocycles. The highest BCUT2D eigenvalue weighted by molar-refractivity contribution is 7.13. The van der Waals surface area contributed by atoms with Crippen molar-refractivity contribution < 1.29 is 0 Å². The fourth-order valence-electron chi connectivity index (χ4n) is 1.51. The molecule has 0 aromatic carbocycles. The smallest absolute Gasteiger partial charge is 0.255 e. The lowest BCUT2D eigenvalue weighted by atomic mass is 10.2. The predicted octanol–water partition coefficient (Wildman–Crippen LogP) is 1.57. The van der Waals surface area contributed by atoms with E-state index in [1.807, 2.05) is 23.6 Å². The first-order valence-electron chi connectivity index (χ1n) is 4.67. The zero-order chi connectivity index (χ0) is 10.8. The van der Waals surface area contributed by atoms with Crippen LogP contribution in [0, 0.1) is 0 Å². The summed E-state index contributed by atoms with van der Waals surface area (Å²) in [5.41, 5.74) is 7.05. The third kappa shape index (κ3) is 1.73. The lowest BCUT2D eigenvalue weighted by molar-refractivity contribution is 0.841. The van der Waals surface area contributed by atoms with Gasteiger partial charge in [0, 0.05) is 19.2 Å². The topological polar surface area (TPSA) is 48.0 Å². The van der Waals surface area contributed by atoms with E-state index in [1.165, 1.54) is 0 Å². The standard InChI is InChI=1S/C11H12N2OS/c1-13-9(10-3-2-6-15-10)5-4-8(7-12)11(13)14/h2-6H,7,12H2,1H3. The zero-order valence-electron chi connectivity index (χ0n) is 8.43. The maximum atomic E-state index is 11.8. The summed E-state index contributed by atoms with van der Waals surface area (Å²) in [4.78, 5) is 12.9. The van der Waals surface area contributed by atoms with Crippen molar-refractivity contribution in [2.75, 3.05) is 0 Å². The Hall–Kier alpha value is -1.39. The third-order valence-electron chi connectivity index (χ3n) is 2.38. The van der Waals surface area contributed by atoms with E-state index in [2.05, 4.69) is 0 Å². The van der Waals surface area contributed by atoms with Crippen LogP contribution >= 0.6 is 11.3 Å². The number of hydrogen-bond donors (Lipinski definition) is 1. The molecule has 2 rings (SSSR count). The molecular weight excluding hydrogens is 208 g/mol. The minimum Gasteiger partial charge on any atom is -0.326 e. The maximum absolute atomic E-state index is 11.8. The first-order valence-corrected chi connectivity index (χ1v) is 5.55. The molecule has 0 unspecified atom stereocenters. The van der Waals surface area contributed by atoms with Crippen LogP contribution in [0.25, 0.3) is 10.6 Å². The van der Waals surface area contributed by atoms with Crippen molar-refractivity contribution in [3.05, 3.63) is 45.6 Å². The highest BCUT2D eigenvalue weighted by Gasteiger charge is 2.06.